The van der Waals surface area contributed by atoms with E-state index in [1.807, 2.05) is 31.4 Å². The summed E-state index contributed by atoms with van der Waals surface area (Å²) in [6.07, 6.45) is 8.12. The van der Waals surface area contributed by atoms with E-state index in [-0.39, 0.29) is 28.6 Å². The minimum absolute atomic E-state index is 0.0693. The van der Waals surface area contributed by atoms with Crippen molar-refractivity contribution in [3.8, 4) is 23.0 Å². The Morgan fingerprint density at radius 1 is 0.913 bits per heavy atom. The summed E-state index contributed by atoms with van der Waals surface area (Å²) in [5, 5.41) is 9.74. The lowest BCUT2D eigenvalue weighted by molar-refractivity contribution is -0.283. The van der Waals surface area contributed by atoms with Gasteiger partial charge < -0.3 is 28.8 Å². The molecule has 6 atom stereocenters. The monoisotopic (exact) mass is 623 g/mol. The van der Waals surface area contributed by atoms with E-state index < -0.39 is 5.60 Å². The first kappa shape index (κ1) is 28.9. The van der Waals surface area contributed by atoms with E-state index >= 15 is 0 Å². The number of likely N-dealkylation sites (tertiary alicyclic amines) is 1. The Bertz CT molecular complexity index is 1620. The fraction of sp³-hybridized carbons (Fsp3) is 0.538. The number of nitrogens with zero attached hydrogens (tertiary/aromatic N) is 1. The quantitative estimate of drug-likeness (QED) is 0.264. The molecule has 0 amide bonds. The van der Waals surface area contributed by atoms with Gasteiger partial charge in [-0.1, -0.05) is 30.3 Å². The Kier molecular flexibility index (Phi) is 6.68. The van der Waals surface area contributed by atoms with Crippen LogP contribution in [-0.2, 0) is 34.5 Å². The summed E-state index contributed by atoms with van der Waals surface area (Å²) >= 11 is 0. The Morgan fingerprint density at radius 2 is 1.70 bits per heavy atom. The predicted molar refractivity (Wildman–Crippen MR) is 174 cm³/mol. The third-order valence-corrected chi connectivity index (χ3v) is 12.9. The van der Waals surface area contributed by atoms with Crippen molar-refractivity contribution >= 4 is 0 Å². The highest BCUT2D eigenvalue weighted by Gasteiger charge is 2.80. The van der Waals surface area contributed by atoms with Gasteiger partial charge in [-0.15, -0.1) is 0 Å². The molecule has 5 aliphatic carbocycles. The predicted octanol–water partition coefficient (Wildman–Crippen LogP) is 6.42. The molecule has 2 spiro atoms. The summed E-state index contributed by atoms with van der Waals surface area (Å²) in [7, 11) is 3.59. The second-order valence-corrected chi connectivity index (χ2v) is 14.8. The smallest absolute Gasteiger partial charge is 0.166 e. The highest BCUT2D eigenvalue weighted by atomic mass is 16.6. The van der Waals surface area contributed by atoms with Crippen molar-refractivity contribution in [2.75, 3.05) is 33.9 Å². The first-order chi connectivity index (χ1) is 22.5. The molecule has 2 heterocycles. The van der Waals surface area contributed by atoms with Crippen molar-refractivity contribution in [3.63, 3.8) is 0 Å². The average molecular weight is 624 g/mol. The van der Waals surface area contributed by atoms with E-state index in [9.17, 15) is 5.11 Å². The van der Waals surface area contributed by atoms with Gasteiger partial charge in [-0.3, -0.25) is 4.90 Å². The number of piperidine rings is 1. The number of hydrogen-bond acceptors (Lipinski definition) is 7. The maximum absolute atomic E-state index is 9.74. The van der Waals surface area contributed by atoms with Crippen LogP contribution in [0.4, 0.5) is 0 Å². The first-order valence-corrected chi connectivity index (χ1v) is 17.2. The van der Waals surface area contributed by atoms with Gasteiger partial charge in [-0.25, -0.2) is 0 Å². The lowest BCUT2D eigenvalue weighted by atomic mass is 9.35. The van der Waals surface area contributed by atoms with Gasteiger partial charge in [-0.2, -0.15) is 0 Å². The van der Waals surface area contributed by atoms with E-state index in [2.05, 4.69) is 29.2 Å². The normalized spacial score (nSPS) is 33.4. The molecular formula is C39H45NO6. The lowest BCUT2D eigenvalue weighted by Crippen LogP contribution is -2.81. The van der Waals surface area contributed by atoms with E-state index in [0.717, 1.165) is 72.9 Å². The van der Waals surface area contributed by atoms with Gasteiger partial charge in [0.2, 0.25) is 0 Å². The van der Waals surface area contributed by atoms with Crippen LogP contribution in [0, 0.1) is 17.3 Å². The molecule has 5 fully saturated rings. The van der Waals surface area contributed by atoms with Gasteiger partial charge in [0.25, 0.3) is 0 Å². The van der Waals surface area contributed by atoms with Crippen molar-refractivity contribution in [1.29, 1.82) is 0 Å². The molecule has 0 aromatic heterocycles. The molecular weight excluding hydrogens is 578 g/mol. The summed E-state index contributed by atoms with van der Waals surface area (Å²) in [5.74, 6) is 4.02. The van der Waals surface area contributed by atoms with Gasteiger partial charge in [0.15, 0.2) is 11.5 Å². The Morgan fingerprint density at radius 3 is 2.46 bits per heavy atom. The number of rotatable bonds is 11. The van der Waals surface area contributed by atoms with Crippen molar-refractivity contribution in [2.45, 2.75) is 81.3 Å². The largest absolute Gasteiger partial charge is 0.508 e. The Balaban J connectivity index is 1.08. The van der Waals surface area contributed by atoms with Gasteiger partial charge >= 0.3 is 0 Å². The van der Waals surface area contributed by atoms with E-state index in [4.69, 9.17) is 23.7 Å². The summed E-state index contributed by atoms with van der Waals surface area (Å²) in [5.41, 5.74) is 4.65. The van der Waals surface area contributed by atoms with Crippen LogP contribution in [0.5, 0.6) is 23.0 Å². The van der Waals surface area contributed by atoms with Crippen LogP contribution < -0.4 is 14.2 Å². The van der Waals surface area contributed by atoms with Gasteiger partial charge in [-0.05, 0) is 104 Å². The minimum atomic E-state index is -0.430. The molecule has 0 radical (unpaired) electrons. The number of benzene rings is 3. The molecule has 46 heavy (non-hydrogen) atoms. The highest BCUT2D eigenvalue weighted by molar-refractivity contribution is 5.63. The summed E-state index contributed by atoms with van der Waals surface area (Å²) in [6.45, 7) is 3.98. The zero-order valence-electron chi connectivity index (χ0n) is 27.0. The summed E-state index contributed by atoms with van der Waals surface area (Å²) in [4.78, 5) is 2.88. The lowest BCUT2D eigenvalue weighted by Gasteiger charge is -2.74. The molecule has 4 saturated carbocycles. The van der Waals surface area contributed by atoms with E-state index in [1.165, 1.54) is 30.5 Å². The van der Waals surface area contributed by atoms with Crippen LogP contribution in [-0.4, -0.2) is 61.7 Å². The van der Waals surface area contributed by atoms with Crippen molar-refractivity contribution in [2.24, 2.45) is 17.3 Å². The van der Waals surface area contributed by atoms with Crippen molar-refractivity contribution in [1.82, 2.24) is 4.90 Å². The standard InChI is InChI=1S/C39H45NO6/c1-42-31-12-7-27(8-13-31)23-45-32-14-9-28-19-33-37-15-16-39(43-2,29(20-37)24-44-22-26-5-10-30(41)11-6-26)36-38(37,34(28)35(32)46-36)17-18-40(33)21-25-3-4-25/h5-14,25,29,33,36,41H,3-4,15-24H2,1-2H3/t29-,33-,36-,37?,38+,39?/m1/s1. The average Bonchev–Trinajstić information content (AvgIpc) is 3.83. The highest BCUT2D eigenvalue weighted by Crippen LogP contribution is 2.76. The zero-order chi connectivity index (χ0) is 31.1. The van der Waals surface area contributed by atoms with Gasteiger partial charge in [0, 0.05) is 42.0 Å². The molecule has 1 saturated heterocycles. The number of aromatic hydroxyl groups is 1. The maximum atomic E-state index is 9.74. The molecule has 7 aliphatic rings. The Hall–Kier alpha value is -3.26. The number of methoxy groups -OCH3 is 2. The fourth-order valence-electron chi connectivity index (χ4n) is 10.6. The van der Waals surface area contributed by atoms with Crippen LogP contribution in [0.3, 0.4) is 0 Å². The molecule has 7 heteroatoms. The molecule has 1 N–H and O–H groups in total. The van der Waals surface area contributed by atoms with E-state index in [0.29, 0.717) is 25.9 Å². The summed E-state index contributed by atoms with van der Waals surface area (Å²) < 4.78 is 32.5. The number of fused-ring (bicyclic) bond motifs is 2. The fourth-order valence-corrected chi connectivity index (χ4v) is 10.6. The van der Waals surface area contributed by atoms with Gasteiger partial charge in [0.1, 0.15) is 29.8 Å². The van der Waals surface area contributed by atoms with Crippen LogP contribution in [0.25, 0.3) is 0 Å². The first-order valence-electron chi connectivity index (χ1n) is 17.2. The Labute approximate surface area is 271 Å². The third-order valence-electron chi connectivity index (χ3n) is 12.9. The number of ether oxygens (including phenoxy) is 5. The molecule has 4 bridgehead atoms. The van der Waals surface area contributed by atoms with Crippen LogP contribution in [0.15, 0.2) is 60.7 Å². The molecule has 2 aliphatic heterocycles. The van der Waals surface area contributed by atoms with E-state index in [1.54, 1.807) is 19.2 Å². The molecule has 10 rings (SSSR count). The molecule has 3 aromatic carbocycles. The molecule has 2 unspecified atom stereocenters. The third kappa shape index (κ3) is 4.07. The van der Waals surface area contributed by atoms with Crippen molar-refractivity contribution in [3.05, 3.63) is 82.9 Å². The second kappa shape index (κ2) is 10.6. The second-order valence-electron chi connectivity index (χ2n) is 14.8. The summed E-state index contributed by atoms with van der Waals surface area (Å²) in [6, 6.07) is 20.4. The topological polar surface area (TPSA) is 69.6 Å². The SMILES string of the molecule is COc1ccc(COc2ccc3c4c2O[C@H]2C5(OC)CCC6(C[C@@H]5COCc5ccc(O)cc5)[C@@H](C3)N(CC3CC3)CC[C@]426)cc1. The number of hydrogen-bond donors (Lipinski definition) is 1. The molecule has 242 valence electrons. The zero-order valence-corrected chi connectivity index (χ0v) is 27.0. The number of phenolic OH excluding ortho intramolecular Hbond substituents is 1. The van der Waals surface area contributed by atoms with Crippen molar-refractivity contribution < 1.29 is 28.8 Å². The van der Waals surface area contributed by atoms with Gasteiger partial charge in [0.05, 0.1) is 20.3 Å². The molecule has 7 nitrogen and oxygen atoms in total. The van der Waals surface area contributed by atoms with Crippen LogP contribution in [0.2, 0.25) is 0 Å². The van der Waals surface area contributed by atoms with Crippen LogP contribution >= 0.6 is 0 Å². The van der Waals surface area contributed by atoms with Crippen LogP contribution in [0.1, 0.15) is 60.8 Å². The minimum Gasteiger partial charge on any atom is -0.508 e. The maximum Gasteiger partial charge on any atom is 0.166 e. The molecule has 3 aromatic rings. The number of phenols is 1.